The third-order valence-corrected chi connectivity index (χ3v) is 3.51. The molecule has 0 bridgehead atoms. The van der Waals surface area contributed by atoms with Crippen LogP contribution in [-0.4, -0.2) is 6.54 Å². The van der Waals surface area contributed by atoms with Crippen molar-refractivity contribution >= 4 is 0 Å². The van der Waals surface area contributed by atoms with Gasteiger partial charge in [-0.25, -0.2) is 0 Å². The van der Waals surface area contributed by atoms with Crippen LogP contribution in [0.2, 0.25) is 0 Å². The van der Waals surface area contributed by atoms with Crippen LogP contribution < -0.4 is 5.32 Å². The SMILES string of the molecule is CC(C)c1ccc(C(C)NCCc2ccco2)cc1. The molecule has 2 heteroatoms. The molecule has 0 amide bonds. The Bertz CT molecular complexity index is 470. The van der Waals surface area contributed by atoms with Crippen molar-refractivity contribution in [2.75, 3.05) is 6.54 Å². The number of hydrogen-bond acceptors (Lipinski definition) is 2. The van der Waals surface area contributed by atoms with Gasteiger partial charge in [-0.3, -0.25) is 0 Å². The van der Waals surface area contributed by atoms with E-state index in [-0.39, 0.29) is 0 Å². The van der Waals surface area contributed by atoms with E-state index in [1.54, 1.807) is 6.26 Å². The third kappa shape index (κ3) is 3.97. The minimum absolute atomic E-state index is 0.371. The average molecular weight is 257 g/mol. The van der Waals surface area contributed by atoms with E-state index in [4.69, 9.17) is 4.42 Å². The minimum atomic E-state index is 0.371. The molecule has 2 nitrogen and oxygen atoms in total. The second kappa shape index (κ2) is 6.58. The number of furan rings is 1. The first-order chi connectivity index (χ1) is 9.16. The van der Waals surface area contributed by atoms with Crippen molar-refractivity contribution in [2.24, 2.45) is 0 Å². The summed E-state index contributed by atoms with van der Waals surface area (Å²) in [7, 11) is 0. The van der Waals surface area contributed by atoms with Crippen LogP contribution in [-0.2, 0) is 6.42 Å². The fourth-order valence-corrected chi connectivity index (χ4v) is 2.15. The Balaban J connectivity index is 1.83. The highest BCUT2D eigenvalue weighted by Gasteiger charge is 2.06. The molecule has 1 heterocycles. The number of rotatable bonds is 6. The van der Waals surface area contributed by atoms with Gasteiger partial charge in [-0.15, -0.1) is 0 Å². The minimum Gasteiger partial charge on any atom is -0.469 e. The summed E-state index contributed by atoms with van der Waals surface area (Å²) in [6.45, 7) is 7.58. The fraction of sp³-hybridized carbons (Fsp3) is 0.412. The maximum absolute atomic E-state index is 5.32. The highest BCUT2D eigenvalue weighted by molar-refractivity contribution is 5.26. The van der Waals surface area contributed by atoms with Crippen LogP contribution in [0.25, 0.3) is 0 Å². The molecule has 1 aromatic carbocycles. The van der Waals surface area contributed by atoms with Crippen molar-refractivity contribution in [2.45, 2.75) is 39.2 Å². The largest absolute Gasteiger partial charge is 0.469 e. The van der Waals surface area contributed by atoms with Gasteiger partial charge >= 0.3 is 0 Å². The smallest absolute Gasteiger partial charge is 0.105 e. The van der Waals surface area contributed by atoms with Crippen LogP contribution in [0, 0.1) is 0 Å². The second-order valence-corrected chi connectivity index (χ2v) is 5.33. The first-order valence-corrected chi connectivity index (χ1v) is 7.02. The van der Waals surface area contributed by atoms with Crippen molar-refractivity contribution in [1.82, 2.24) is 5.32 Å². The summed E-state index contributed by atoms with van der Waals surface area (Å²) in [6, 6.07) is 13.2. The number of hydrogen-bond donors (Lipinski definition) is 1. The molecule has 0 spiro atoms. The predicted molar refractivity (Wildman–Crippen MR) is 79.4 cm³/mol. The summed E-state index contributed by atoms with van der Waals surface area (Å²) in [4.78, 5) is 0. The summed E-state index contributed by atoms with van der Waals surface area (Å²) in [5.74, 6) is 1.63. The normalized spacial score (nSPS) is 12.8. The summed E-state index contributed by atoms with van der Waals surface area (Å²) in [5, 5.41) is 3.53. The summed E-state index contributed by atoms with van der Waals surface area (Å²) < 4.78 is 5.32. The van der Waals surface area contributed by atoms with Crippen LogP contribution in [0.3, 0.4) is 0 Å². The van der Waals surface area contributed by atoms with Gasteiger partial charge in [-0.2, -0.15) is 0 Å². The molecule has 1 unspecified atom stereocenters. The van der Waals surface area contributed by atoms with Gasteiger partial charge in [0.15, 0.2) is 0 Å². The van der Waals surface area contributed by atoms with Crippen LogP contribution in [0.4, 0.5) is 0 Å². The molecule has 0 aliphatic rings. The standard InChI is InChI=1S/C17H23NO/c1-13(2)15-6-8-16(9-7-15)14(3)18-11-10-17-5-4-12-19-17/h4-9,12-14,18H,10-11H2,1-3H3. The molecule has 0 saturated heterocycles. The van der Waals surface area contributed by atoms with E-state index >= 15 is 0 Å². The lowest BCUT2D eigenvalue weighted by atomic mass is 9.99. The first-order valence-electron chi connectivity index (χ1n) is 7.02. The van der Waals surface area contributed by atoms with Gasteiger partial charge in [0.1, 0.15) is 5.76 Å². The Morgan fingerprint density at radius 1 is 1.00 bits per heavy atom. The lowest BCUT2D eigenvalue weighted by Gasteiger charge is -2.15. The number of benzene rings is 1. The summed E-state index contributed by atoms with van der Waals surface area (Å²) in [6.07, 6.45) is 2.66. The molecule has 0 aliphatic heterocycles. The molecule has 1 aromatic heterocycles. The maximum Gasteiger partial charge on any atom is 0.105 e. The zero-order chi connectivity index (χ0) is 13.7. The van der Waals surface area contributed by atoms with Crippen molar-refractivity contribution in [3.05, 3.63) is 59.5 Å². The molecular weight excluding hydrogens is 234 g/mol. The van der Waals surface area contributed by atoms with Crippen LogP contribution in [0.5, 0.6) is 0 Å². The van der Waals surface area contributed by atoms with Gasteiger partial charge in [-0.1, -0.05) is 38.1 Å². The Hall–Kier alpha value is -1.54. The number of nitrogens with one attached hydrogen (secondary N) is 1. The van der Waals surface area contributed by atoms with E-state index in [1.807, 2.05) is 12.1 Å². The predicted octanol–water partition coefficient (Wildman–Crippen LogP) is 4.30. The average Bonchev–Trinajstić information content (AvgIpc) is 2.92. The summed E-state index contributed by atoms with van der Waals surface area (Å²) >= 11 is 0. The summed E-state index contributed by atoms with van der Waals surface area (Å²) in [5.41, 5.74) is 2.73. The first kappa shape index (κ1) is 13.9. The van der Waals surface area contributed by atoms with Gasteiger partial charge in [0.2, 0.25) is 0 Å². The van der Waals surface area contributed by atoms with Gasteiger partial charge in [0, 0.05) is 19.0 Å². The van der Waals surface area contributed by atoms with E-state index in [1.165, 1.54) is 11.1 Å². The fourth-order valence-electron chi connectivity index (χ4n) is 2.15. The molecular formula is C17H23NO. The molecule has 2 aromatic rings. The van der Waals surface area contributed by atoms with Gasteiger partial charge in [-0.05, 0) is 36.1 Å². The Kier molecular flexibility index (Phi) is 4.80. The highest BCUT2D eigenvalue weighted by atomic mass is 16.3. The highest BCUT2D eigenvalue weighted by Crippen LogP contribution is 2.18. The lowest BCUT2D eigenvalue weighted by molar-refractivity contribution is 0.486. The van der Waals surface area contributed by atoms with Crippen molar-refractivity contribution in [1.29, 1.82) is 0 Å². The van der Waals surface area contributed by atoms with Crippen LogP contribution in [0.15, 0.2) is 47.1 Å². The van der Waals surface area contributed by atoms with Crippen molar-refractivity contribution in [3.63, 3.8) is 0 Å². The topological polar surface area (TPSA) is 25.2 Å². The zero-order valence-corrected chi connectivity index (χ0v) is 12.0. The molecule has 1 atom stereocenters. The lowest BCUT2D eigenvalue weighted by Crippen LogP contribution is -2.21. The molecule has 0 fully saturated rings. The second-order valence-electron chi connectivity index (χ2n) is 5.33. The third-order valence-electron chi connectivity index (χ3n) is 3.51. The van der Waals surface area contributed by atoms with E-state index in [0.29, 0.717) is 12.0 Å². The monoisotopic (exact) mass is 257 g/mol. The Labute approximate surface area is 115 Å². The Morgan fingerprint density at radius 2 is 1.68 bits per heavy atom. The van der Waals surface area contributed by atoms with E-state index in [9.17, 15) is 0 Å². The molecule has 2 rings (SSSR count). The van der Waals surface area contributed by atoms with Crippen molar-refractivity contribution in [3.8, 4) is 0 Å². The van der Waals surface area contributed by atoms with Gasteiger partial charge < -0.3 is 9.73 Å². The zero-order valence-electron chi connectivity index (χ0n) is 12.0. The van der Waals surface area contributed by atoms with Crippen molar-refractivity contribution < 1.29 is 4.42 Å². The molecule has 19 heavy (non-hydrogen) atoms. The molecule has 1 N–H and O–H groups in total. The quantitative estimate of drug-likeness (QED) is 0.834. The van der Waals surface area contributed by atoms with E-state index < -0.39 is 0 Å². The molecule has 0 radical (unpaired) electrons. The molecule has 0 aliphatic carbocycles. The van der Waals surface area contributed by atoms with E-state index in [2.05, 4.69) is 50.4 Å². The van der Waals surface area contributed by atoms with Crippen LogP contribution in [0.1, 0.15) is 49.6 Å². The molecule has 0 saturated carbocycles. The van der Waals surface area contributed by atoms with Gasteiger partial charge in [0.25, 0.3) is 0 Å². The van der Waals surface area contributed by atoms with Gasteiger partial charge in [0.05, 0.1) is 6.26 Å². The Morgan fingerprint density at radius 3 is 2.26 bits per heavy atom. The van der Waals surface area contributed by atoms with E-state index in [0.717, 1.165) is 18.7 Å². The maximum atomic E-state index is 5.32. The molecule has 102 valence electrons. The van der Waals surface area contributed by atoms with Crippen LogP contribution >= 0.6 is 0 Å².